The Labute approximate surface area is 164 Å². The number of hydroxylamine groups is 1. The second-order valence-corrected chi connectivity index (χ2v) is 9.51. The summed E-state index contributed by atoms with van der Waals surface area (Å²) in [5.74, 6) is -0.361. The maximum absolute atomic E-state index is 13.1. The van der Waals surface area contributed by atoms with E-state index in [1.807, 2.05) is 31.2 Å². The van der Waals surface area contributed by atoms with Gasteiger partial charge in [0.25, 0.3) is 5.91 Å². The van der Waals surface area contributed by atoms with Gasteiger partial charge in [-0.3, -0.25) is 10.0 Å². The highest BCUT2D eigenvalue weighted by Gasteiger charge is 2.54. The zero-order valence-electron chi connectivity index (χ0n) is 15.8. The summed E-state index contributed by atoms with van der Waals surface area (Å²) in [5, 5.41) is 21.1. The Morgan fingerprint density at radius 2 is 2.04 bits per heavy atom. The second kappa shape index (κ2) is 8.34. The first-order chi connectivity index (χ1) is 13.3. The molecule has 4 N–H and O–H groups in total. The van der Waals surface area contributed by atoms with E-state index in [2.05, 4.69) is 5.32 Å². The number of aryl methyl sites for hydroxylation is 1. The highest BCUT2D eigenvalue weighted by atomic mass is 32.2. The van der Waals surface area contributed by atoms with Gasteiger partial charge in [-0.1, -0.05) is 12.1 Å². The number of ether oxygens (including phenoxy) is 1. The number of rotatable bonds is 5. The van der Waals surface area contributed by atoms with Crippen LogP contribution in [0.25, 0.3) is 0 Å². The van der Waals surface area contributed by atoms with Crippen molar-refractivity contribution < 1.29 is 28.3 Å². The van der Waals surface area contributed by atoms with E-state index < -0.39 is 26.8 Å². The predicted molar refractivity (Wildman–Crippen MR) is 101 cm³/mol. The lowest BCUT2D eigenvalue weighted by molar-refractivity contribution is -0.150. The normalized spacial score (nSPS) is 27.3. The third-order valence-electron chi connectivity index (χ3n) is 5.42. The number of nitrogens with one attached hydrogen (secondary N) is 2. The minimum Gasteiger partial charge on any atom is -0.490 e. The molecule has 156 valence electrons. The van der Waals surface area contributed by atoms with Gasteiger partial charge in [-0.2, -0.15) is 0 Å². The number of piperidine rings is 2. The minimum atomic E-state index is -3.93. The summed E-state index contributed by atoms with van der Waals surface area (Å²) in [4.78, 5) is 12.0. The van der Waals surface area contributed by atoms with Gasteiger partial charge in [0.05, 0.1) is 0 Å². The topological polar surface area (TPSA) is 128 Å². The van der Waals surface area contributed by atoms with Crippen molar-refractivity contribution in [1.29, 1.82) is 0 Å². The van der Waals surface area contributed by atoms with E-state index >= 15 is 0 Å². The van der Waals surface area contributed by atoms with Gasteiger partial charge in [-0.15, -0.1) is 0 Å². The average Bonchev–Trinajstić information content (AvgIpc) is 2.68. The van der Waals surface area contributed by atoms with E-state index in [-0.39, 0.29) is 32.2 Å². The second-order valence-electron chi connectivity index (χ2n) is 7.40. The fourth-order valence-electron chi connectivity index (χ4n) is 3.85. The van der Waals surface area contributed by atoms with Crippen LogP contribution in [0.15, 0.2) is 24.3 Å². The molecule has 0 aliphatic carbocycles. The highest BCUT2D eigenvalue weighted by Crippen LogP contribution is 2.29. The molecule has 9 nitrogen and oxygen atoms in total. The smallest absolute Gasteiger partial charge is 0.278 e. The number of nitrogens with zero attached hydrogens (tertiary/aromatic N) is 1. The number of benzene rings is 1. The lowest BCUT2D eigenvalue weighted by atomic mass is 9.93. The Hall–Kier alpha value is -1.72. The molecule has 28 heavy (non-hydrogen) atoms. The van der Waals surface area contributed by atoms with Crippen LogP contribution in [0.2, 0.25) is 0 Å². The van der Waals surface area contributed by atoms with Crippen LogP contribution in [0, 0.1) is 6.92 Å². The maximum atomic E-state index is 13.1. The number of aliphatic hydroxyl groups is 1. The van der Waals surface area contributed by atoms with Crippen molar-refractivity contribution in [1.82, 2.24) is 15.1 Å². The molecule has 0 saturated carbocycles. The number of sulfonamides is 1. The lowest BCUT2D eigenvalue weighted by Crippen LogP contribution is -2.67. The molecular weight excluding hydrogens is 386 g/mol. The van der Waals surface area contributed by atoms with Crippen LogP contribution in [-0.2, 0) is 14.8 Å². The van der Waals surface area contributed by atoms with Crippen LogP contribution >= 0.6 is 0 Å². The van der Waals surface area contributed by atoms with Gasteiger partial charge in [0.1, 0.15) is 17.1 Å². The van der Waals surface area contributed by atoms with Crippen LogP contribution in [0.5, 0.6) is 5.75 Å². The summed E-state index contributed by atoms with van der Waals surface area (Å²) in [6.07, 6.45) is 1.01. The summed E-state index contributed by atoms with van der Waals surface area (Å²) in [5.41, 5.74) is 0.254. The lowest BCUT2D eigenvalue weighted by Gasteiger charge is -2.41. The number of amides is 1. The molecule has 1 aromatic carbocycles. The molecular formula is C18H27N3O6S. The fourth-order valence-corrected chi connectivity index (χ4v) is 6.03. The summed E-state index contributed by atoms with van der Waals surface area (Å²) in [6, 6.07) is 7.70. The van der Waals surface area contributed by atoms with E-state index in [9.17, 15) is 18.3 Å². The van der Waals surface area contributed by atoms with Crippen molar-refractivity contribution >= 4 is 15.9 Å². The van der Waals surface area contributed by atoms with Crippen LogP contribution < -0.4 is 15.5 Å². The molecule has 2 heterocycles. The maximum Gasteiger partial charge on any atom is 0.278 e. The molecule has 2 aliphatic rings. The van der Waals surface area contributed by atoms with E-state index in [4.69, 9.17) is 9.94 Å². The van der Waals surface area contributed by atoms with Gasteiger partial charge in [0.15, 0.2) is 5.60 Å². The molecule has 3 rings (SSSR count). The highest BCUT2D eigenvalue weighted by molar-refractivity contribution is 7.89. The largest absolute Gasteiger partial charge is 0.490 e. The van der Waals surface area contributed by atoms with Crippen LogP contribution in [0.1, 0.15) is 24.8 Å². The molecule has 10 heteroatoms. The van der Waals surface area contributed by atoms with Gasteiger partial charge in [-0.25, -0.2) is 18.2 Å². The summed E-state index contributed by atoms with van der Waals surface area (Å²) in [7, 11) is -3.93. The summed E-state index contributed by atoms with van der Waals surface area (Å²) >= 11 is 0. The molecule has 2 fully saturated rings. The number of hydrogen-bond donors (Lipinski definition) is 4. The zero-order valence-corrected chi connectivity index (χ0v) is 16.6. The van der Waals surface area contributed by atoms with E-state index in [0.29, 0.717) is 19.4 Å². The molecule has 2 atom stereocenters. The molecule has 0 bridgehead atoms. The Morgan fingerprint density at radius 1 is 1.32 bits per heavy atom. The molecule has 1 amide bonds. The van der Waals surface area contributed by atoms with Gasteiger partial charge in [-0.05, 0) is 50.4 Å². The molecule has 2 aliphatic heterocycles. The van der Waals surface area contributed by atoms with Gasteiger partial charge in [0, 0.05) is 19.6 Å². The summed E-state index contributed by atoms with van der Waals surface area (Å²) < 4.78 is 33.5. The summed E-state index contributed by atoms with van der Waals surface area (Å²) in [6.45, 7) is 2.60. The first kappa shape index (κ1) is 21.0. The Kier molecular flexibility index (Phi) is 6.25. The number of carbonyl (C=O) groups is 1. The standard InChI is InChI=1S/C18H27N3O6S/c1-13-3-2-4-15(11-13)27-14-6-9-21(10-7-14)28(25,26)16-5-8-19-12-18(16,23)17(22)20-24/h2-4,11,14,16,19,23-24H,5-10,12H2,1H3,(H,20,22). The number of β-amino-alcohol motifs (C(OH)–C–C–N with tert-alkyl or cyclic N) is 1. The first-order valence-electron chi connectivity index (χ1n) is 9.37. The van der Waals surface area contributed by atoms with Crippen molar-refractivity contribution in [2.24, 2.45) is 0 Å². The van der Waals surface area contributed by atoms with Crippen molar-refractivity contribution in [3.8, 4) is 5.75 Å². The van der Waals surface area contributed by atoms with Gasteiger partial charge < -0.3 is 15.2 Å². The monoisotopic (exact) mass is 413 g/mol. The molecule has 0 spiro atoms. The van der Waals surface area contributed by atoms with Crippen molar-refractivity contribution in [3.63, 3.8) is 0 Å². The van der Waals surface area contributed by atoms with E-state index in [1.54, 1.807) is 0 Å². The van der Waals surface area contributed by atoms with E-state index in [0.717, 1.165) is 11.3 Å². The van der Waals surface area contributed by atoms with Gasteiger partial charge in [0.2, 0.25) is 10.0 Å². The van der Waals surface area contributed by atoms with Crippen LogP contribution in [0.4, 0.5) is 0 Å². The fraction of sp³-hybridized carbons (Fsp3) is 0.611. The van der Waals surface area contributed by atoms with Crippen LogP contribution in [-0.4, -0.2) is 72.1 Å². The molecule has 1 aromatic rings. The quantitative estimate of drug-likeness (QED) is 0.388. The van der Waals surface area contributed by atoms with Crippen LogP contribution in [0.3, 0.4) is 0 Å². The predicted octanol–water partition coefficient (Wildman–Crippen LogP) is -0.234. The number of carbonyl (C=O) groups excluding carboxylic acids is 1. The Morgan fingerprint density at radius 3 is 2.68 bits per heavy atom. The van der Waals surface area contributed by atoms with E-state index in [1.165, 1.54) is 9.79 Å². The van der Waals surface area contributed by atoms with Crippen molar-refractivity contribution in [3.05, 3.63) is 29.8 Å². The molecule has 2 unspecified atom stereocenters. The molecule has 2 saturated heterocycles. The SMILES string of the molecule is Cc1cccc(OC2CCN(S(=O)(=O)C3CCNCC3(O)C(=O)NO)CC2)c1. The first-order valence-corrected chi connectivity index (χ1v) is 10.9. The van der Waals surface area contributed by atoms with Crippen molar-refractivity contribution in [2.45, 2.75) is 43.1 Å². The Balaban J connectivity index is 1.67. The molecule has 0 aromatic heterocycles. The molecule has 0 radical (unpaired) electrons. The zero-order chi connectivity index (χ0) is 20.4. The minimum absolute atomic E-state index is 0.0754. The van der Waals surface area contributed by atoms with Crippen molar-refractivity contribution in [2.75, 3.05) is 26.2 Å². The third-order valence-corrected chi connectivity index (χ3v) is 7.85. The van der Waals surface area contributed by atoms with Gasteiger partial charge >= 0.3 is 0 Å². The number of hydrogen-bond acceptors (Lipinski definition) is 7. The third kappa shape index (κ3) is 4.15. The average molecular weight is 413 g/mol. The Bertz CT molecular complexity index is 809.